The fourth-order valence-corrected chi connectivity index (χ4v) is 9.09. The number of aromatic nitrogens is 4. The topological polar surface area (TPSA) is 100 Å². The van der Waals surface area contributed by atoms with Gasteiger partial charge < -0.3 is 38.9 Å². The summed E-state index contributed by atoms with van der Waals surface area (Å²) in [7, 11) is 0. The lowest BCUT2D eigenvalue weighted by atomic mass is 9.76. The Bertz CT molecular complexity index is 2790. The first kappa shape index (κ1) is 36.5. The molecule has 0 radical (unpaired) electrons. The maximum atomic E-state index is 6.30. The summed E-state index contributed by atoms with van der Waals surface area (Å²) in [6.07, 6.45) is 1.60. The number of fused-ring (bicyclic) bond motifs is 16. The summed E-state index contributed by atoms with van der Waals surface area (Å²) in [5, 5.41) is 0. The Hall–Kier alpha value is -6.80. The average molecular weight is 781 g/mol. The summed E-state index contributed by atoms with van der Waals surface area (Å²) < 4.78 is 25.1. The van der Waals surface area contributed by atoms with Crippen molar-refractivity contribution >= 4 is 0 Å². The predicted molar refractivity (Wildman–Crippen MR) is 230 cm³/mol. The van der Waals surface area contributed by atoms with Gasteiger partial charge >= 0.3 is 0 Å². The van der Waals surface area contributed by atoms with E-state index in [1.165, 1.54) is 5.69 Å². The van der Waals surface area contributed by atoms with Crippen molar-refractivity contribution < 1.29 is 18.9 Å². The van der Waals surface area contributed by atoms with Crippen LogP contribution >= 0.6 is 0 Å². The third-order valence-electron chi connectivity index (χ3n) is 12.9. The Kier molecular flexibility index (Phi) is 8.82. The Balaban J connectivity index is 1.21. The molecule has 8 aromatic rings. The van der Waals surface area contributed by atoms with Crippen LogP contribution in [0.25, 0.3) is 0 Å². The molecule has 0 fully saturated rings. The van der Waals surface area contributed by atoms with Gasteiger partial charge in [0, 0.05) is 52.0 Å². The fraction of sp³-hybridized carbons (Fsp3) is 0.216. The van der Waals surface area contributed by atoms with Crippen LogP contribution in [-0.4, -0.2) is 33.5 Å². The minimum atomic E-state index is -0.667. The van der Waals surface area contributed by atoms with E-state index >= 15 is 0 Å². The molecule has 2 aliphatic heterocycles. The van der Waals surface area contributed by atoms with E-state index < -0.39 is 16.2 Å². The number of ether oxygens (including phenoxy) is 4. The van der Waals surface area contributed by atoms with Gasteiger partial charge in [-0.1, -0.05) is 55.5 Å². The molecule has 0 saturated carbocycles. The van der Waals surface area contributed by atoms with Gasteiger partial charge in [0.05, 0.1) is 16.2 Å². The van der Waals surface area contributed by atoms with Crippen molar-refractivity contribution in [3.63, 3.8) is 0 Å². The number of benzene rings is 4. The summed E-state index contributed by atoms with van der Waals surface area (Å²) in [6.45, 7) is 9.15. The highest BCUT2D eigenvalue weighted by atomic mass is 16.7. The normalized spacial score (nSPS) is 21.2. The van der Waals surface area contributed by atoms with E-state index in [9.17, 15) is 0 Å². The first-order chi connectivity index (χ1) is 28.7. The number of rotatable bonds is 2. The highest BCUT2D eigenvalue weighted by molar-refractivity contribution is 5.55. The molecular weight excluding hydrogens is 733 g/mol. The molecule has 0 aliphatic carbocycles. The van der Waals surface area contributed by atoms with E-state index in [0.29, 0.717) is 6.42 Å². The van der Waals surface area contributed by atoms with Gasteiger partial charge in [-0.25, -0.2) is 0 Å². The molecule has 4 N–H and O–H groups in total. The van der Waals surface area contributed by atoms with Gasteiger partial charge in [-0.05, 0) is 147 Å². The van der Waals surface area contributed by atoms with Gasteiger partial charge in [0.15, 0.2) is 0 Å². The summed E-state index contributed by atoms with van der Waals surface area (Å²) in [5.74, 6) is 2.94. The predicted octanol–water partition coefficient (Wildman–Crippen LogP) is 10.7. The average Bonchev–Trinajstić information content (AvgIpc) is 4.11. The van der Waals surface area contributed by atoms with Crippen molar-refractivity contribution in [1.29, 1.82) is 0 Å². The second-order valence-corrected chi connectivity index (χ2v) is 16.3. The molecule has 296 valence electrons. The van der Waals surface area contributed by atoms with Crippen LogP contribution in [0.3, 0.4) is 0 Å². The maximum absolute atomic E-state index is 6.30. The Labute approximate surface area is 344 Å². The van der Waals surface area contributed by atoms with Gasteiger partial charge in [-0.3, -0.25) is 0 Å². The second-order valence-electron chi connectivity index (χ2n) is 16.3. The Morgan fingerprint density at radius 2 is 0.814 bits per heavy atom. The van der Waals surface area contributed by atoms with Gasteiger partial charge in [0.25, 0.3) is 0 Å². The lowest BCUT2D eigenvalue weighted by Crippen LogP contribution is -2.30. The van der Waals surface area contributed by atoms with Crippen molar-refractivity contribution in [2.24, 2.45) is 0 Å². The molecular formula is C51H48N4O4. The molecule has 4 aromatic carbocycles. The molecule has 8 nitrogen and oxygen atoms in total. The standard InChI is InChI=1S/C51H48N4O4/c1-5-37-18-20-43(52-37)49(2)34-11-7-15-40(28-34)57-31-56-39-14-6-10-33(27-39)26-38-19-21-44(53-38)50(3)35-12-8-16-41(29-35)58-32-59-42-17-9-13-36(30-42)51(4,47-24-22-45(49)54-47)48-25-23-46(50)55-48/h6-25,27-30,52-55H,5,26,31-32H2,1-4H3. The zero-order valence-electron chi connectivity index (χ0n) is 33.8. The highest BCUT2D eigenvalue weighted by Gasteiger charge is 2.41. The molecule has 2 aliphatic rings. The second kappa shape index (κ2) is 14.2. The van der Waals surface area contributed by atoms with E-state index in [1.54, 1.807) is 0 Å². The zero-order valence-corrected chi connectivity index (χ0v) is 33.8. The van der Waals surface area contributed by atoms with Crippen LogP contribution in [0.4, 0.5) is 0 Å². The quantitative estimate of drug-likeness (QED) is 0.140. The Morgan fingerprint density at radius 1 is 0.424 bits per heavy atom. The molecule has 59 heavy (non-hydrogen) atoms. The van der Waals surface area contributed by atoms with Crippen molar-refractivity contribution in [2.45, 2.75) is 56.8 Å². The van der Waals surface area contributed by atoms with E-state index in [4.69, 9.17) is 18.9 Å². The monoisotopic (exact) mass is 780 g/mol. The summed E-state index contributed by atoms with van der Waals surface area (Å²) in [6, 6.07) is 51.0. The molecule has 0 saturated heterocycles. The maximum Gasteiger partial charge on any atom is 0.230 e. The van der Waals surface area contributed by atoms with Crippen molar-refractivity contribution in [3.8, 4) is 23.0 Å². The number of aryl methyl sites for hydroxylation is 1. The summed E-state index contributed by atoms with van der Waals surface area (Å²) in [5.41, 5.74) is 11.1. The molecule has 0 spiro atoms. The SMILES string of the molecule is CCc1ccc(C2(C)c3cccc(c3)OCOc3cccc(c3)Cc3ccc([nH]3)C3(C)c4cccc(c4)OCOc4cccc(c4)C(C)(c4ccc2[nH]4)c2ccc3[nH]2)[nH]1. The first-order valence-electron chi connectivity index (χ1n) is 20.4. The van der Waals surface area contributed by atoms with Crippen LogP contribution in [0.15, 0.2) is 146 Å². The third kappa shape index (κ3) is 6.22. The molecule has 10 rings (SSSR count). The van der Waals surface area contributed by atoms with Crippen molar-refractivity contribution in [1.82, 2.24) is 19.9 Å². The van der Waals surface area contributed by atoms with Crippen LogP contribution in [-0.2, 0) is 29.1 Å². The van der Waals surface area contributed by atoms with Crippen LogP contribution in [0.2, 0.25) is 0 Å². The number of H-pyrrole nitrogens is 4. The molecule has 8 heteroatoms. The van der Waals surface area contributed by atoms with Crippen molar-refractivity contribution in [2.75, 3.05) is 13.6 Å². The fourth-order valence-electron chi connectivity index (χ4n) is 9.09. The van der Waals surface area contributed by atoms with Crippen LogP contribution in [0.1, 0.15) is 95.5 Å². The van der Waals surface area contributed by atoms with E-state index in [0.717, 1.165) is 91.5 Å². The van der Waals surface area contributed by atoms with E-state index in [1.807, 2.05) is 30.3 Å². The molecule has 16 bridgehead atoms. The van der Waals surface area contributed by atoms with Crippen molar-refractivity contribution in [3.05, 3.63) is 213 Å². The van der Waals surface area contributed by atoms with Gasteiger partial charge in [-0.2, -0.15) is 0 Å². The lowest BCUT2D eigenvalue weighted by molar-refractivity contribution is 0.119. The van der Waals surface area contributed by atoms with Crippen LogP contribution < -0.4 is 18.9 Å². The minimum absolute atomic E-state index is 0.0725. The largest absolute Gasteiger partial charge is 0.457 e. The molecule has 4 aromatic heterocycles. The zero-order chi connectivity index (χ0) is 40.2. The number of aromatic amines is 4. The summed E-state index contributed by atoms with van der Waals surface area (Å²) in [4.78, 5) is 15.6. The molecule has 3 unspecified atom stereocenters. The Morgan fingerprint density at radius 3 is 1.27 bits per heavy atom. The molecule has 0 amide bonds. The van der Waals surface area contributed by atoms with Gasteiger partial charge in [0.1, 0.15) is 23.0 Å². The first-order valence-corrected chi connectivity index (χ1v) is 20.4. The van der Waals surface area contributed by atoms with E-state index in [2.05, 4.69) is 163 Å². The number of hydrogen-bond donors (Lipinski definition) is 4. The summed E-state index contributed by atoms with van der Waals surface area (Å²) >= 11 is 0. The van der Waals surface area contributed by atoms with Crippen LogP contribution in [0, 0.1) is 0 Å². The smallest absolute Gasteiger partial charge is 0.230 e. The molecule has 6 heterocycles. The third-order valence-corrected chi connectivity index (χ3v) is 12.9. The molecule has 3 atom stereocenters. The number of hydrogen-bond acceptors (Lipinski definition) is 4. The van der Waals surface area contributed by atoms with Crippen LogP contribution in [0.5, 0.6) is 23.0 Å². The number of nitrogens with one attached hydrogen (secondary N) is 4. The van der Waals surface area contributed by atoms with E-state index in [-0.39, 0.29) is 13.6 Å². The van der Waals surface area contributed by atoms with Gasteiger partial charge in [0.2, 0.25) is 13.6 Å². The lowest BCUT2D eigenvalue weighted by Gasteiger charge is -2.33. The minimum Gasteiger partial charge on any atom is -0.457 e. The highest BCUT2D eigenvalue weighted by Crippen LogP contribution is 2.46. The van der Waals surface area contributed by atoms with Gasteiger partial charge in [-0.15, -0.1) is 0 Å².